The summed E-state index contributed by atoms with van der Waals surface area (Å²) in [6.45, 7) is 10.5. The Balaban J connectivity index is 1.71. The number of aryl methyl sites for hydroxylation is 2. The fraction of sp³-hybridized carbons (Fsp3) is 0.241. The molecule has 1 aliphatic rings. The number of fused-ring (bicyclic) bond motifs is 3. The second kappa shape index (κ2) is 8.49. The fourth-order valence-corrected chi connectivity index (χ4v) is 4.70. The van der Waals surface area contributed by atoms with Gasteiger partial charge in [0.25, 0.3) is 5.91 Å². The predicted molar refractivity (Wildman–Crippen MR) is 140 cm³/mol. The molecule has 0 bridgehead atoms. The predicted octanol–water partition coefficient (Wildman–Crippen LogP) is 6.49. The molecule has 0 radical (unpaired) electrons. The zero-order valence-corrected chi connectivity index (χ0v) is 20.3. The van der Waals surface area contributed by atoms with Gasteiger partial charge in [0.1, 0.15) is 0 Å². The molecule has 0 unspecified atom stereocenters. The topological polar surface area (TPSA) is 59.0 Å². The molecule has 0 aliphatic carbocycles. The minimum atomic E-state index is -0.213. The van der Waals surface area contributed by atoms with E-state index in [-0.39, 0.29) is 11.9 Å². The summed E-state index contributed by atoms with van der Waals surface area (Å²) in [6, 6.07) is 22.4. The first-order chi connectivity index (χ1) is 16.3. The number of nitrogens with one attached hydrogen (secondary N) is 2. The number of carbonyl (C=O) groups is 1. The SMILES string of the molecule is Cc1ccc(NC(=O)C2=C(c3ccc(C(C)C)cc3)n3c(nc4ccccc43)N[C@@H]2C)c(C)c1. The van der Waals surface area contributed by atoms with E-state index in [4.69, 9.17) is 4.98 Å². The number of aromatic nitrogens is 2. The van der Waals surface area contributed by atoms with Crippen LogP contribution in [0.1, 0.15) is 48.9 Å². The van der Waals surface area contributed by atoms with E-state index in [1.54, 1.807) is 0 Å². The van der Waals surface area contributed by atoms with Crippen LogP contribution < -0.4 is 10.6 Å². The van der Waals surface area contributed by atoms with E-state index >= 15 is 0 Å². The van der Waals surface area contributed by atoms with E-state index in [0.29, 0.717) is 11.5 Å². The van der Waals surface area contributed by atoms with Crippen molar-refractivity contribution in [2.45, 2.75) is 46.6 Å². The van der Waals surface area contributed by atoms with Crippen LogP contribution in [0.4, 0.5) is 11.6 Å². The first-order valence-corrected chi connectivity index (χ1v) is 11.8. The van der Waals surface area contributed by atoms with Crippen molar-refractivity contribution < 1.29 is 4.79 Å². The second-order valence-electron chi connectivity index (χ2n) is 9.44. The number of anilines is 2. The molecule has 5 nitrogen and oxygen atoms in total. The van der Waals surface area contributed by atoms with Crippen LogP contribution in [0.2, 0.25) is 0 Å². The number of amides is 1. The van der Waals surface area contributed by atoms with Gasteiger partial charge >= 0.3 is 0 Å². The molecule has 1 atom stereocenters. The summed E-state index contributed by atoms with van der Waals surface area (Å²) in [5.41, 5.74) is 8.72. The molecule has 2 N–H and O–H groups in total. The maximum absolute atomic E-state index is 13.8. The van der Waals surface area contributed by atoms with Gasteiger partial charge < -0.3 is 10.6 Å². The third-order valence-corrected chi connectivity index (χ3v) is 6.54. The smallest absolute Gasteiger partial charge is 0.255 e. The number of hydrogen-bond donors (Lipinski definition) is 2. The summed E-state index contributed by atoms with van der Waals surface area (Å²) < 4.78 is 2.08. The Morgan fingerprint density at radius 3 is 2.47 bits per heavy atom. The Labute approximate surface area is 200 Å². The van der Waals surface area contributed by atoms with Crippen molar-refractivity contribution in [3.63, 3.8) is 0 Å². The summed E-state index contributed by atoms with van der Waals surface area (Å²) in [7, 11) is 0. The number of para-hydroxylation sites is 2. The molecule has 1 aromatic heterocycles. The Morgan fingerprint density at radius 2 is 1.76 bits per heavy atom. The van der Waals surface area contributed by atoms with Gasteiger partial charge in [-0.3, -0.25) is 9.36 Å². The number of rotatable bonds is 4. The zero-order valence-electron chi connectivity index (χ0n) is 20.3. The van der Waals surface area contributed by atoms with Gasteiger partial charge in [0.15, 0.2) is 0 Å². The number of hydrogen-bond acceptors (Lipinski definition) is 3. The van der Waals surface area contributed by atoms with E-state index in [2.05, 4.69) is 66.3 Å². The molecular formula is C29H30N4O. The van der Waals surface area contributed by atoms with Crippen LogP contribution in [-0.2, 0) is 4.79 Å². The highest BCUT2D eigenvalue weighted by molar-refractivity contribution is 6.12. The largest absolute Gasteiger partial charge is 0.349 e. The van der Waals surface area contributed by atoms with Crippen molar-refractivity contribution >= 4 is 34.3 Å². The fourth-order valence-electron chi connectivity index (χ4n) is 4.70. The van der Waals surface area contributed by atoms with Crippen molar-refractivity contribution in [2.75, 3.05) is 10.6 Å². The lowest BCUT2D eigenvalue weighted by Crippen LogP contribution is -2.34. The summed E-state index contributed by atoms with van der Waals surface area (Å²) in [4.78, 5) is 18.6. The lowest BCUT2D eigenvalue weighted by atomic mass is 9.95. The number of benzene rings is 3. The summed E-state index contributed by atoms with van der Waals surface area (Å²) >= 11 is 0. The van der Waals surface area contributed by atoms with Crippen LogP contribution in [0.15, 0.2) is 72.3 Å². The highest BCUT2D eigenvalue weighted by Crippen LogP contribution is 2.37. The van der Waals surface area contributed by atoms with Crippen LogP contribution in [0.3, 0.4) is 0 Å². The molecule has 0 saturated carbocycles. The first-order valence-electron chi connectivity index (χ1n) is 11.8. The highest BCUT2D eigenvalue weighted by Gasteiger charge is 2.32. The Morgan fingerprint density at radius 1 is 1.03 bits per heavy atom. The van der Waals surface area contributed by atoms with Gasteiger partial charge in [-0.25, -0.2) is 4.98 Å². The van der Waals surface area contributed by atoms with Gasteiger partial charge in [-0.15, -0.1) is 0 Å². The third-order valence-electron chi connectivity index (χ3n) is 6.54. The van der Waals surface area contributed by atoms with E-state index < -0.39 is 0 Å². The minimum absolute atomic E-state index is 0.113. The molecule has 1 aliphatic heterocycles. The maximum atomic E-state index is 13.8. The lowest BCUT2D eigenvalue weighted by molar-refractivity contribution is -0.113. The summed E-state index contributed by atoms with van der Waals surface area (Å²) in [5.74, 6) is 1.07. The van der Waals surface area contributed by atoms with Crippen molar-refractivity contribution in [1.82, 2.24) is 9.55 Å². The lowest BCUT2D eigenvalue weighted by Gasteiger charge is -2.29. The molecule has 172 valence electrons. The Bertz CT molecular complexity index is 1430. The molecule has 34 heavy (non-hydrogen) atoms. The molecule has 3 aromatic carbocycles. The molecule has 0 saturated heterocycles. The summed E-state index contributed by atoms with van der Waals surface area (Å²) in [6.07, 6.45) is 0. The van der Waals surface area contributed by atoms with Crippen molar-refractivity contribution in [1.29, 1.82) is 0 Å². The Hall–Kier alpha value is -3.86. The van der Waals surface area contributed by atoms with Crippen molar-refractivity contribution in [3.8, 4) is 0 Å². The van der Waals surface area contributed by atoms with E-state index in [9.17, 15) is 4.79 Å². The van der Waals surface area contributed by atoms with Gasteiger partial charge in [-0.05, 0) is 61.6 Å². The second-order valence-corrected chi connectivity index (χ2v) is 9.44. The molecule has 1 amide bonds. The van der Waals surface area contributed by atoms with Crippen LogP contribution >= 0.6 is 0 Å². The number of nitrogens with zero attached hydrogens (tertiary/aromatic N) is 2. The number of carbonyl (C=O) groups excluding carboxylic acids is 1. The molecule has 0 fully saturated rings. The Kier molecular flexibility index (Phi) is 5.48. The average molecular weight is 451 g/mol. The van der Waals surface area contributed by atoms with E-state index in [1.807, 2.05) is 50.2 Å². The molecule has 2 heterocycles. The van der Waals surface area contributed by atoms with Gasteiger partial charge in [-0.2, -0.15) is 0 Å². The average Bonchev–Trinajstić information content (AvgIpc) is 3.17. The van der Waals surface area contributed by atoms with E-state index in [1.165, 1.54) is 11.1 Å². The normalized spacial score (nSPS) is 15.4. The summed E-state index contributed by atoms with van der Waals surface area (Å²) in [5, 5.41) is 6.62. The van der Waals surface area contributed by atoms with Gasteiger partial charge in [0.2, 0.25) is 5.95 Å². The first kappa shape index (κ1) is 22.0. The van der Waals surface area contributed by atoms with Gasteiger partial charge in [0, 0.05) is 5.69 Å². The molecule has 5 heteroatoms. The number of imidazole rings is 1. The standard InChI is InChI=1S/C29H30N4O/c1-17(2)21-11-13-22(14-12-21)27-26(28(34)31-23-15-10-18(3)16-19(23)4)20(5)30-29-32-24-8-6-7-9-25(24)33(27)29/h6-17,20H,1-5H3,(H,30,32)(H,31,34)/t20-/m1/s1. The molecule has 4 aromatic rings. The van der Waals surface area contributed by atoms with Crippen LogP contribution in [0, 0.1) is 13.8 Å². The zero-order chi connectivity index (χ0) is 24.0. The quantitative estimate of drug-likeness (QED) is 0.374. The van der Waals surface area contributed by atoms with E-state index in [0.717, 1.165) is 39.5 Å². The minimum Gasteiger partial charge on any atom is -0.349 e. The van der Waals surface area contributed by atoms with Crippen molar-refractivity contribution in [2.24, 2.45) is 0 Å². The van der Waals surface area contributed by atoms with Crippen LogP contribution in [0.25, 0.3) is 16.7 Å². The van der Waals surface area contributed by atoms with Crippen LogP contribution in [-0.4, -0.2) is 21.5 Å². The molecule has 0 spiro atoms. The molecule has 5 rings (SSSR count). The third kappa shape index (κ3) is 3.77. The molecular weight excluding hydrogens is 420 g/mol. The van der Waals surface area contributed by atoms with Crippen LogP contribution in [0.5, 0.6) is 0 Å². The monoisotopic (exact) mass is 450 g/mol. The van der Waals surface area contributed by atoms with Gasteiger partial charge in [0.05, 0.1) is 28.3 Å². The maximum Gasteiger partial charge on any atom is 0.255 e. The van der Waals surface area contributed by atoms with Gasteiger partial charge in [-0.1, -0.05) is 67.9 Å². The highest BCUT2D eigenvalue weighted by atomic mass is 16.1. The van der Waals surface area contributed by atoms with Crippen molar-refractivity contribution in [3.05, 3.63) is 94.6 Å².